The van der Waals surface area contributed by atoms with Crippen molar-refractivity contribution in [1.82, 2.24) is 4.90 Å². The molecule has 0 saturated heterocycles. The largest absolute Gasteiger partial charge is 0.465 e. The maximum absolute atomic E-state index is 12.0. The monoisotopic (exact) mass is 270 g/mol. The molecule has 0 bridgehead atoms. The molecule has 1 aromatic rings. The van der Waals surface area contributed by atoms with Crippen molar-refractivity contribution in [2.45, 2.75) is 6.92 Å². The first-order valence-corrected chi connectivity index (χ1v) is 5.79. The van der Waals surface area contributed by atoms with Gasteiger partial charge in [0.25, 0.3) is 5.91 Å². The molecule has 0 atom stereocenters. The van der Waals surface area contributed by atoms with Gasteiger partial charge in [0.15, 0.2) is 0 Å². The van der Waals surface area contributed by atoms with Gasteiger partial charge < -0.3 is 15.4 Å². The van der Waals surface area contributed by atoms with Crippen molar-refractivity contribution in [3.63, 3.8) is 0 Å². The molecule has 1 amide bonds. The Bertz CT molecular complexity index is 463. The number of nitrogens with zero attached hydrogens (tertiary/aromatic N) is 1. The van der Waals surface area contributed by atoms with Gasteiger partial charge in [0.2, 0.25) is 0 Å². The van der Waals surface area contributed by atoms with Crippen LogP contribution in [0, 0.1) is 0 Å². The molecule has 0 aliphatic heterocycles. The fourth-order valence-electron chi connectivity index (χ4n) is 1.38. The molecular formula is C12H15ClN2O3. The third-order valence-electron chi connectivity index (χ3n) is 2.24. The van der Waals surface area contributed by atoms with Gasteiger partial charge in [-0.2, -0.15) is 0 Å². The van der Waals surface area contributed by atoms with Gasteiger partial charge in [-0.25, -0.2) is 0 Å². The minimum atomic E-state index is -0.464. The Labute approximate surface area is 110 Å². The molecule has 2 N–H and O–H groups in total. The average Bonchev–Trinajstić information content (AvgIpc) is 2.31. The van der Waals surface area contributed by atoms with Gasteiger partial charge in [-0.1, -0.05) is 11.6 Å². The highest BCUT2D eigenvalue weighted by Gasteiger charge is 2.18. The van der Waals surface area contributed by atoms with Crippen LogP contribution in [0.3, 0.4) is 0 Å². The number of hydrogen-bond donors (Lipinski definition) is 1. The third-order valence-corrected chi connectivity index (χ3v) is 2.57. The first kappa shape index (κ1) is 14.3. The summed E-state index contributed by atoms with van der Waals surface area (Å²) in [5.74, 6) is -0.839. The molecule has 98 valence electrons. The molecule has 18 heavy (non-hydrogen) atoms. The zero-order valence-electron chi connectivity index (χ0n) is 10.3. The van der Waals surface area contributed by atoms with Crippen molar-refractivity contribution in [2.75, 3.05) is 25.9 Å². The highest BCUT2D eigenvalue weighted by atomic mass is 35.5. The van der Waals surface area contributed by atoms with Crippen molar-refractivity contribution in [2.24, 2.45) is 0 Å². The second-order valence-corrected chi connectivity index (χ2v) is 4.11. The van der Waals surface area contributed by atoms with Crippen molar-refractivity contribution in [3.05, 3.63) is 28.8 Å². The van der Waals surface area contributed by atoms with E-state index in [1.54, 1.807) is 19.1 Å². The summed E-state index contributed by atoms with van der Waals surface area (Å²) in [5.41, 5.74) is 6.30. The Balaban J connectivity index is 2.80. The SMILES string of the molecule is CCOC(=O)CN(C)C(=O)c1cc(N)ccc1Cl. The lowest BCUT2D eigenvalue weighted by Crippen LogP contribution is -2.33. The molecule has 0 radical (unpaired) electrons. The van der Waals surface area contributed by atoms with E-state index in [1.165, 1.54) is 18.0 Å². The minimum absolute atomic E-state index is 0.127. The molecule has 0 aliphatic carbocycles. The Kier molecular flexibility index (Phi) is 4.97. The number of nitrogen functional groups attached to an aromatic ring is 1. The summed E-state index contributed by atoms with van der Waals surface area (Å²) in [6.07, 6.45) is 0. The maximum atomic E-state index is 12.0. The fraction of sp³-hybridized carbons (Fsp3) is 0.333. The number of benzene rings is 1. The lowest BCUT2D eigenvalue weighted by atomic mass is 10.2. The highest BCUT2D eigenvalue weighted by Crippen LogP contribution is 2.20. The van der Waals surface area contributed by atoms with Crippen LogP contribution in [-0.4, -0.2) is 37.0 Å². The Morgan fingerprint density at radius 2 is 2.11 bits per heavy atom. The van der Waals surface area contributed by atoms with E-state index in [-0.39, 0.29) is 24.6 Å². The maximum Gasteiger partial charge on any atom is 0.325 e. The van der Waals surface area contributed by atoms with Crippen molar-refractivity contribution < 1.29 is 14.3 Å². The number of halogens is 1. The zero-order chi connectivity index (χ0) is 13.7. The van der Waals surface area contributed by atoms with Gasteiger partial charge in [0, 0.05) is 12.7 Å². The van der Waals surface area contributed by atoms with Gasteiger partial charge in [-0.3, -0.25) is 9.59 Å². The first-order chi connectivity index (χ1) is 8.45. The molecule has 0 unspecified atom stereocenters. The number of esters is 1. The van der Waals surface area contributed by atoms with Gasteiger partial charge in [-0.05, 0) is 25.1 Å². The molecule has 5 nitrogen and oxygen atoms in total. The van der Waals surface area contributed by atoms with Crippen LogP contribution in [0.5, 0.6) is 0 Å². The van der Waals surface area contributed by atoms with Crippen molar-refractivity contribution in [3.8, 4) is 0 Å². The van der Waals surface area contributed by atoms with E-state index in [0.29, 0.717) is 10.7 Å². The van der Waals surface area contributed by atoms with E-state index in [4.69, 9.17) is 22.1 Å². The molecule has 0 aromatic heterocycles. The lowest BCUT2D eigenvalue weighted by molar-refractivity contribution is -0.143. The summed E-state index contributed by atoms with van der Waals surface area (Å²) >= 11 is 5.91. The molecular weight excluding hydrogens is 256 g/mol. The molecule has 1 rings (SSSR count). The molecule has 6 heteroatoms. The van der Waals surface area contributed by atoms with Crippen LogP contribution in [0.4, 0.5) is 5.69 Å². The number of carbonyl (C=O) groups excluding carboxylic acids is 2. The standard InChI is InChI=1S/C12H15ClN2O3/c1-3-18-11(16)7-15(2)12(17)9-6-8(14)4-5-10(9)13/h4-6H,3,7,14H2,1-2H3. The minimum Gasteiger partial charge on any atom is -0.465 e. The number of likely N-dealkylation sites (N-methyl/N-ethyl adjacent to an activating group) is 1. The highest BCUT2D eigenvalue weighted by molar-refractivity contribution is 6.34. The molecule has 0 fully saturated rings. The van der Waals surface area contributed by atoms with E-state index >= 15 is 0 Å². The van der Waals surface area contributed by atoms with E-state index < -0.39 is 5.97 Å². The second kappa shape index (κ2) is 6.26. The third kappa shape index (κ3) is 3.63. The number of nitrogens with two attached hydrogens (primary N) is 1. The number of anilines is 1. The normalized spacial score (nSPS) is 9.94. The molecule has 0 heterocycles. The summed E-state index contributed by atoms with van der Waals surface area (Å²) in [6.45, 7) is 1.85. The van der Waals surface area contributed by atoms with Crippen LogP contribution in [0.25, 0.3) is 0 Å². The van der Waals surface area contributed by atoms with E-state index in [2.05, 4.69) is 0 Å². The smallest absolute Gasteiger partial charge is 0.325 e. The predicted molar refractivity (Wildman–Crippen MR) is 69.5 cm³/mol. The van der Waals surface area contributed by atoms with Gasteiger partial charge in [0.1, 0.15) is 6.54 Å². The molecule has 0 spiro atoms. The fourth-order valence-corrected chi connectivity index (χ4v) is 1.58. The number of ether oxygens (including phenoxy) is 1. The van der Waals surface area contributed by atoms with Crippen LogP contribution in [0.1, 0.15) is 17.3 Å². The van der Waals surface area contributed by atoms with Crippen LogP contribution < -0.4 is 5.73 Å². The number of carbonyl (C=O) groups is 2. The van der Waals surface area contributed by atoms with Crippen LogP contribution in [-0.2, 0) is 9.53 Å². The van der Waals surface area contributed by atoms with E-state index in [9.17, 15) is 9.59 Å². The summed E-state index contributed by atoms with van der Waals surface area (Å²) in [6, 6.07) is 4.62. The van der Waals surface area contributed by atoms with Crippen LogP contribution in [0.15, 0.2) is 18.2 Å². The average molecular weight is 271 g/mol. The van der Waals surface area contributed by atoms with Crippen molar-refractivity contribution >= 4 is 29.2 Å². The Morgan fingerprint density at radius 1 is 1.44 bits per heavy atom. The first-order valence-electron chi connectivity index (χ1n) is 5.41. The van der Waals surface area contributed by atoms with E-state index in [1.807, 2.05) is 0 Å². The topological polar surface area (TPSA) is 72.6 Å². The summed E-state index contributed by atoms with van der Waals surface area (Å²) < 4.78 is 4.76. The molecule has 0 saturated carbocycles. The summed E-state index contributed by atoms with van der Waals surface area (Å²) in [4.78, 5) is 24.5. The summed E-state index contributed by atoms with van der Waals surface area (Å²) in [5, 5.41) is 0.296. The van der Waals surface area contributed by atoms with Gasteiger partial charge in [-0.15, -0.1) is 0 Å². The lowest BCUT2D eigenvalue weighted by Gasteiger charge is -2.17. The van der Waals surface area contributed by atoms with Gasteiger partial charge in [0.05, 0.1) is 17.2 Å². The molecule has 1 aromatic carbocycles. The Hall–Kier alpha value is -1.75. The quantitative estimate of drug-likeness (QED) is 0.666. The zero-order valence-corrected chi connectivity index (χ0v) is 11.0. The van der Waals surface area contributed by atoms with E-state index in [0.717, 1.165) is 0 Å². The number of hydrogen-bond acceptors (Lipinski definition) is 4. The van der Waals surface area contributed by atoms with Crippen LogP contribution >= 0.6 is 11.6 Å². The Morgan fingerprint density at radius 3 is 2.72 bits per heavy atom. The van der Waals surface area contributed by atoms with Crippen molar-refractivity contribution in [1.29, 1.82) is 0 Å². The number of rotatable bonds is 4. The van der Waals surface area contributed by atoms with Gasteiger partial charge >= 0.3 is 5.97 Å². The second-order valence-electron chi connectivity index (χ2n) is 3.71. The predicted octanol–water partition coefficient (Wildman–Crippen LogP) is 1.56. The molecule has 0 aliphatic rings. The number of amides is 1. The van der Waals surface area contributed by atoms with Crippen LogP contribution in [0.2, 0.25) is 5.02 Å². The summed E-state index contributed by atoms with van der Waals surface area (Å²) in [7, 11) is 1.50.